The number of hydrogen-bond donors (Lipinski definition) is 1. The molecule has 4 aliphatic rings. The highest BCUT2D eigenvalue weighted by Crippen LogP contribution is 2.60. The van der Waals surface area contributed by atoms with E-state index in [2.05, 4.69) is 5.32 Å². The van der Waals surface area contributed by atoms with Crippen LogP contribution in [0.2, 0.25) is 0 Å². The van der Waals surface area contributed by atoms with Gasteiger partial charge in [0.15, 0.2) is 0 Å². The Labute approximate surface area is 156 Å². The van der Waals surface area contributed by atoms with E-state index in [0.717, 1.165) is 48.3 Å². The molecule has 4 bridgehead atoms. The monoisotopic (exact) mass is 354 g/mol. The quantitative estimate of drug-likeness (QED) is 0.873. The molecule has 0 aromatic heterocycles. The van der Waals surface area contributed by atoms with Gasteiger partial charge in [-0.15, -0.1) is 0 Å². The van der Waals surface area contributed by atoms with Crippen molar-refractivity contribution in [3.8, 4) is 0 Å². The van der Waals surface area contributed by atoms with E-state index in [0.29, 0.717) is 12.8 Å². The molecular weight excluding hydrogens is 324 g/mol. The van der Waals surface area contributed by atoms with Crippen LogP contribution >= 0.6 is 0 Å². The SMILES string of the molecule is CN(C)C(=O)CCc1cccc(NC(=O)C23CC4CC(CC(C4)C2)C3)c1. The van der Waals surface area contributed by atoms with E-state index >= 15 is 0 Å². The number of nitrogens with one attached hydrogen (secondary N) is 1. The van der Waals surface area contributed by atoms with Crippen molar-refractivity contribution < 1.29 is 9.59 Å². The van der Waals surface area contributed by atoms with Crippen LogP contribution in [0.25, 0.3) is 0 Å². The van der Waals surface area contributed by atoms with Gasteiger partial charge in [-0.3, -0.25) is 9.59 Å². The Kier molecular flexibility index (Phi) is 4.54. The fourth-order valence-corrected chi connectivity index (χ4v) is 5.93. The fraction of sp³-hybridized carbons (Fsp3) is 0.636. The Hall–Kier alpha value is -1.84. The number of aryl methyl sites for hydroxylation is 1. The molecule has 0 saturated heterocycles. The molecule has 0 radical (unpaired) electrons. The number of carbonyl (C=O) groups is 2. The Morgan fingerprint density at radius 2 is 1.69 bits per heavy atom. The number of amides is 2. The highest BCUT2D eigenvalue weighted by atomic mass is 16.2. The predicted molar refractivity (Wildman–Crippen MR) is 103 cm³/mol. The first-order valence-electron chi connectivity index (χ1n) is 10.0. The molecule has 1 aromatic rings. The second-order valence-corrected chi connectivity index (χ2v) is 9.14. The minimum Gasteiger partial charge on any atom is -0.349 e. The maximum Gasteiger partial charge on any atom is 0.230 e. The number of nitrogens with zero attached hydrogens (tertiary/aromatic N) is 1. The predicted octanol–water partition coefficient (Wildman–Crippen LogP) is 3.86. The van der Waals surface area contributed by atoms with E-state index in [1.54, 1.807) is 19.0 Å². The van der Waals surface area contributed by atoms with E-state index in [4.69, 9.17) is 0 Å². The van der Waals surface area contributed by atoms with Crippen molar-refractivity contribution in [2.45, 2.75) is 51.4 Å². The Morgan fingerprint density at radius 1 is 1.08 bits per heavy atom. The molecule has 26 heavy (non-hydrogen) atoms. The minimum absolute atomic E-state index is 0.119. The largest absolute Gasteiger partial charge is 0.349 e. The van der Waals surface area contributed by atoms with Crippen molar-refractivity contribution >= 4 is 17.5 Å². The summed E-state index contributed by atoms with van der Waals surface area (Å²) in [5.41, 5.74) is 1.86. The van der Waals surface area contributed by atoms with Crippen LogP contribution < -0.4 is 5.32 Å². The summed E-state index contributed by atoms with van der Waals surface area (Å²) in [4.78, 5) is 26.6. The van der Waals surface area contributed by atoms with Crippen molar-refractivity contribution in [3.05, 3.63) is 29.8 Å². The number of hydrogen-bond acceptors (Lipinski definition) is 2. The first-order valence-corrected chi connectivity index (χ1v) is 10.0. The molecule has 5 rings (SSSR count). The molecular formula is C22H30N2O2. The van der Waals surface area contributed by atoms with Crippen LogP contribution in [0.1, 0.15) is 50.5 Å². The first-order chi connectivity index (χ1) is 12.4. The lowest BCUT2D eigenvalue weighted by atomic mass is 9.49. The maximum absolute atomic E-state index is 13.2. The smallest absolute Gasteiger partial charge is 0.230 e. The highest BCUT2D eigenvalue weighted by molar-refractivity contribution is 5.95. The molecule has 4 saturated carbocycles. The second kappa shape index (κ2) is 6.71. The van der Waals surface area contributed by atoms with Crippen LogP contribution in [0.15, 0.2) is 24.3 Å². The van der Waals surface area contributed by atoms with E-state index in [1.165, 1.54) is 19.3 Å². The average Bonchev–Trinajstić information content (AvgIpc) is 2.58. The number of carbonyl (C=O) groups excluding carboxylic acids is 2. The summed E-state index contributed by atoms with van der Waals surface area (Å²) in [5, 5.41) is 3.22. The molecule has 140 valence electrons. The topological polar surface area (TPSA) is 49.4 Å². The standard InChI is InChI=1S/C22H30N2O2/c1-24(2)20(25)7-6-15-4-3-5-19(11-15)23-21(26)22-12-16-8-17(13-22)10-18(9-16)14-22/h3-5,11,16-18H,6-10,12-14H2,1-2H3,(H,23,26). The summed E-state index contributed by atoms with van der Waals surface area (Å²) >= 11 is 0. The van der Waals surface area contributed by atoms with Crippen molar-refractivity contribution in [2.24, 2.45) is 23.2 Å². The molecule has 0 heterocycles. The summed E-state index contributed by atoms with van der Waals surface area (Å²) < 4.78 is 0. The summed E-state index contributed by atoms with van der Waals surface area (Å²) in [5.74, 6) is 2.69. The Bertz CT molecular complexity index is 675. The van der Waals surface area contributed by atoms with E-state index < -0.39 is 0 Å². The molecule has 1 N–H and O–H groups in total. The molecule has 4 fully saturated rings. The van der Waals surface area contributed by atoms with Gasteiger partial charge in [0.25, 0.3) is 0 Å². The van der Waals surface area contributed by atoms with E-state index in [9.17, 15) is 9.59 Å². The van der Waals surface area contributed by atoms with Gasteiger partial charge in [-0.25, -0.2) is 0 Å². The summed E-state index contributed by atoms with van der Waals surface area (Å²) in [6.07, 6.45) is 8.51. The Balaban J connectivity index is 1.42. The maximum atomic E-state index is 13.2. The molecule has 0 unspecified atom stereocenters. The molecule has 4 aliphatic carbocycles. The zero-order valence-electron chi connectivity index (χ0n) is 16.0. The van der Waals surface area contributed by atoms with Crippen molar-refractivity contribution in [3.63, 3.8) is 0 Å². The van der Waals surface area contributed by atoms with Crippen LogP contribution in [0, 0.1) is 23.2 Å². The van der Waals surface area contributed by atoms with Gasteiger partial charge in [0.05, 0.1) is 5.41 Å². The average molecular weight is 354 g/mol. The second-order valence-electron chi connectivity index (χ2n) is 9.14. The van der Waals surface area contributed by atoms with Crippen LogP contribution in [0.3, 0.4) is 0 Å². The summed E-state index contributed by atoms with van der Waals surface area (Å²) in [6, 6.07) is 8.01. The molecule has 4 heteroatoms. The van der Waals surface area contributed by atoms with Gasteiger partial charge in [0.2, 0.25) is 11.8 Å². The van der Waals surface area contributed by atoms with E-state index in [1.807, 2.05) is 24.3 Å². The molecule has 0 spiro atoms. The third-order valence-electron chi connectivity index (χ3n) is 6.83. The van der Waals surface area contributed by atoms with Crippen LogP contribution in [0.4, 0.5) is 5.69 Å². The fourth-order valence-electron chi connectivity index (χ4n) is 5.93. The molecule has 0 atom stereocenters. The van der Waals surface area contributed by atoms with Crippen molar-refractivity contribution in [1.82, 2.24) is 4.90 Å². The van der Waals surface area contributed by atoms with Gasteiger partial charge in [0, 0.05) is 26.2 Å². The highest BCUT2D eigenvalue weighted by Gasteiger charge is 2.54. The van der Waals surface area contributed by atoms with Crippen LogP contribution in [-0.2, 0) is 16.0 Å². The third-order valence-corrected chi connectivity index (χ3v) is 6.83. The van der Waals surface area contributed by atoms with Crippen molar-refractivity contribution in [1.29, 1.82) is 0 Å². The first kappa shape index (κ1) is 17.6. The zero-order valence-corrected chi connectivity index (χ0v) is 16.0. The zero-order chi connectivity index (χ0) is 18.3. The number of rotatable bonds is 5. The van der Waals surface area contributed by atoms with Crippen LogP contribution in [-0.4, -0.2) is 30.8 Å². The Morgan fingerprint density at radius 3 is 2.27 bits per heavy atom. The molecule has 0 aliphatic heterocycles. The van der Waals surface area contributed by atoms with E-state index in [-0.39, 0.29) is 17.2 Å². The summed E-state index contributed by atoms with van der Waals surface area (Å²) in [7, 11) is 3.56. The molecule has 4 nitrogen and oxygen atoms in total. The summed E-state index contributed by atoms with van der Waals surface area (Å²) in [6.45, 7) is 0. The van der Waals surface area contributed by atoms with Crippen molar-refractivity contribution in [2.75, 3.05) is 19.4 Å². The normalized spacial score (nSPS) is 31.7. The van der Waals surface area contributed by atoms with Crippen LogP contribution in [0.5, 0.6) is 0 Å². The van der Waals surface area contributed by atoms with Gasteiger partial charge in [-0.2, -0.15) is 0 Å². The van der Waals surface area contributed by atoms with Gasteiger partial charge >= 0.3 is 0 Å². The van der Waals surface area contributed by atoms with Gasteiger partial charge in [-0.1, -0.05) is 12.1 Å². The van der Waals surface area contributed by atoms with Gasteiger partial charge in [0.1, 0.15) is 0 Å². The van der Waals surface area contributed by atoms with Gasteiger partial charge in [-0.05, 0) is 80.4 Å². The lowest BCUT2D eigenvalue weighted by Gasteiger charge is -2.55. The molecule has 2 amide bonds. The van der Waals surface area contributed by atoms with Gasteiger partial charge < -0.3 is 10.2 Å². The third kappa shape index (κ3) is 3.38. The number of anilines is 1. The molecule has 1 aromatic carbocycles. The number of benzene rings is 1. The lowest BCUT2D eigenvalue weighted by Crippen LogP contribution is -2.51. The lowest BCUT2D eigenvalue weighted by molar-refractivity contribution is -0.140. The minimum atomic E-state index is -0.119.